The van der Waals surface area contributed by atoms with Crippen LogP contribution in [0, 0.1) is 0 Å². The number of pyridine rings is 2. The van der Waals surface area contributed by atoms with Gasteiger partial charge in [0.1, 0.15) is 11.5 Å². The zero-order chi connectivity index (χ0) is 34.1. The first-order valence-electron chi connectivity index (χ1n) is 13.1. The van der Waals surface area contributed by atoms with Gasteiger partial charge < -0.3 is 49.4 Å². The molecule has 46 heavy (non-hydrogen) atoms. The molecule has 2 N–H and O–H groups in total. The summed E-state index contributed by atoms with van der Waals surface area (Å²) in [5.74, 6) is -2.11. The second-order valence-electron chi connectivity index (χ2n) is 8.86. The Hall–Kier alpha value is -5.39. The van der Waals surface area contributed by atoms with E-state index in [1.165, 1.54) is 7.11 Å². The molecule has 0 bridgehead atoms. The number of aromatic hydroxyl groups is 2. The summed E-state index contributed by atoms with van der Waals surface area (Å²) in [7, 11) is 3.09. The van der Waals surface area contributed by atoms with Crippen LogP contribution < -0.4 is 24.8 Å². The van der Waals surface area contributed by atoms with Crippen molar-refractivity contribution in [2.24, 2.45) is 0 Å². The van der Waals surface area contributed by atoms with Crippen LogP contribution in [-0.2, 0) is 37.9 Å². The smallest absolute Gasteiger partial charge is 0.550 e. The first-order valence-corrected chi connectivity index (χ1v) is 13.1. The van der Waals surface area contributed by atoms with Gasteiger partial charge in [-0.2, -0.15) is 0 Å². The Labute approximate surface area is 277 Å². The SMILES string of the molecule is C=CCc1cc(OC)c(O)c(-c2cccc(-c3cccc(-c4cc(OC)ccc4O)n3)n2)c1.CC(=O)[O-].CC(=O)[O-].CC(=O)[O-].[Mn+3]. The van der Waals surface area contributed by atoms with Crippen LogP contribution in [-0.4, -0.2) is 52.3 Å². The summed E-state index contributed by atoms with van der Waals surface area (Å²) in [4.78, 5) is 36.1. The molecule has 0 aliphatic rings. The second-order valence-corrected chi connectivity index (χ2v) is 8.86. The average Bonchev–Trinajstić information content (AvgIpc) is 2.97. The maximum atomic E-state index is 10.7. The fourth-order valence-electron chi connectivity index (χ4n) is 3.60. The van der Waals surface area contributed by atoms with Crippen LogP contribution >= 0.6 is 0 Å². The fourth-order valence-corrected chi connectivity index (χ4v) is 3.60. The molecular formula is C33H33MnN2O10. The van der Waals surface area contributed by atoms with Crippen LogP contribution in [0.2, 0.25) is 0 Å². The number of carboxylic acid groups (broad SMARTS) is 3. The van der Waals surface area contributed by atoms with Crippen LogP contribution in [0.1, 0.15) is 26.3 Å². The number of carbonyl (C=O) groups is 3. The normalized spacial score (nSPS) is 9.24. The minimum Gasteiger partial charge on any atom is -0.550 e. The van der Waals surface area contributed by atoms with Gasteiger partial charge in [-0.25, -0.2) is 9.97 Å². The molecule has 2 heterocycles. The third-order valence-electron chi connectivity index (χ3n) is 5.25. The van der Waals surface area contributed by atoms with Crippen molar-refractivity contribution in [1.82, 2.24) is 9.97 Å². The Morgan fingerprint density at radius 2 is 1.20 bits per heavy atom. The number of hydrogen-bond acceptors (Lipinski definition) is 12. The standard InChI is InChI=1S/C27H24N2O4.3C2H4O2.Mn/c1-4-7-17-14-20(27(31)26(15-17)33-3)22-9-6-11-24(29-22)23-10-5-8-21(28-23)19-16-18(32-2)12-13-25(19)30;3*1-2(3)4;/h4-6,8-16,30-31H,1,7H2,2-3H3;3*1H3,(H,3,4);/q;;;;+3/p-3. The van der Waals surface area contributed by atoms with E-state index in [2.05, 4.69) is 6.58 Å². The minimum atomic E-state index is -1.08. The predicted molar refractivity (Wildman–Crippen MR) is 161 cm³/mol. The molecular weight excluding hydrogens is 639 g/mol. The Kier molecular flexibility index (Phi) is 18.1. The monoisotopic (exact) mass is 672 g/mol. The quantitative estimate of drug-likeness (QED) is 0.213. The van der Waals surface area contributed by atoms with Gasteiger partial charge in [-0.05, 0) is 87.4 Å². The third kappa shape index (κ3) is 13.9. The van der Waals surface area contributed by atoms with Crippen molar-refractivity contribution < 1.29 is 66.5 Å². The van der Waals surface area contributed by atoms with Gasteiger partial charge in [0.05, 0.1) is 37.0 Å². The van der Waals surface area contributed by atoms with Gasteiger partial charge in [0.15, 0.2) is 11.5 Å². The maximum absolute atomic E-state index is 10.7. The number of carbonyl (C=O) groups excluding carboxylic acids is 3. The molecule has 0 spiro atoms. The summed E-state index contributed by atoms with van der Waals surface area (Å²) in [6.45, 7) is 6.70. The second kappa shape index (κ2) is 20.5. The Balaban J connectivity index is 0.00000134. The largest absolute Gasteiger partial charge is 3.00 e. The van der Waals surface area contributed by atoms with Gasteiger partial charge in [0, 0.05) is 29.0 Å². The number of aliphatic carboxylic acids is 3. The van der Waals surface area contributed by atoms with Crippen LogP contribution in [0.15, 0.2) is 79.4 Å². The van der Waals surface area contributed by atoms with E-state index in [0.29, 0.717) is 51.8 Å². The molecule has 0 radical (unpaired) electrons. The van der Waals surface area contributed by atoms with E-state index in [1.54, 1.807) is 37.5 Å². The summed E-state index contributed by atoms with van der Waals surface area (Å²) in [6, 6.07) is 19.7. The number of allylic oxidation sites excluding steroid dienone is 1. The molecule has 0 atom stereocenters. The van der Waals surface area contributed by atoms with Gasteiger partial charge in [-0.1, -0.05) is 18.2 Å². The Morgan fingerprint density at radius 3 is 1.63 bits per heavy atom. The number of nitrogens with zero attached hydrogens (tertiary/aromatic N) is 2. The van der Waals surface area contributed by atoms with Crippen LogP contribution in [0.4, 0.5) is 0 Å². The molecule has 0 fully saturated rings. The number of phenolic OH excluding ortho intramolecular Hbond substituents is 2. The molecule has 0 saturated carbocycles. The van der Waals surface area contributed by atoms with E-state index in [-0.39, 0.29) is 28.6 Å². The number of ether oxygens (including phenoxy) is 2. The molecule has 0 saturated heterocycles. The predicted octanol–water partition coefficient (Wildman–Crippen LogP) is 1.90. The van der Waals surface area contributed by atoms with Gasteiger partial charge in [-0.15, -0.1) is 6.58 Å². The molecule has 4 rings (SSSR count). The van der Waals surface area contributed by atoms with Gasteiger partial charge in [-0.3, -0.25) is 0 Å². The summed E-state index contributed by atoms with van der Waals surface area (Å²) >= 11 is 0. The van der Waals surface area contributed by atoms with Crippen LogP contribution in [0.5, 0.6) is 23.0 Å². The molecule has 2 aromatic heterocycles. The van der Waals surface area contributed by atoms with Crippen molar-refractivity contribution in [1.29, 1.82) is 0 Å². The topological polar surface area (TPSA) is 205 Å². The van der Waals surface area contributed by atoms with Crippen molar-refractivity contribution in [2.45, 2.75) is 27.2 Å². The summed E-state index contributed by atoms with van der Waals surface area (Å²) < 4.78 is 10.6. The number of rotatable bonds is 7. The van der Waals surface area contributed by atoms with Crippen molar-refractivity contribution in [3.63, 3.8) is 0 Å². The molecule has 4 aromatic rings. The molecule has 13 heteroatoms. The molecule has 12 nitrogen and oxygen atoms in total. The number of phenols is 2. The number of aromatic nitrogens is 2. The first kappa shape index (κ1) is 40.6. The molecule has 2 aromatic carbocycles. The molecule has 0 amide bonds. The first-order chi connectivity index (χ1) is 21.2. The molecule has 242 valence electrons. The van der Waals surface area contributed by atoms with Crippen LogP contribution in [0.25, 0.3) is 33.9 Å². The molecule has 0 unspecified atom stereocenters. The van der Waals surface area contributed by atoms with E-state index < -0.39 is 17.9 Å². The van der Waals surface area contributed by atoms with Gasteiger partial charge >= 0.3 is 17.1 Å². The third-order valence-corrected chi connectivity index (χ3v) is 5.25. The zero-order valence-corrected chi connectivity index (χ0v) is 27.0. The van der Waals surface area contributed by atoms with Crippen molar-refractivity contribution in [3.05, 3.63) is 84.9 Å². The number of methoxy groups -OCH3 is 2. The van der Waals surface area contributed by atoms with E-state index in [1.807, 2.05) is 42.5 Å². The van der Waals surface area contributed by atoms with Crippen molar-refractivity contribution >= 4 is 17.9 Å². The minimum absolute atomic E-state index is 0. The van der Waals surface area contributed by atoms with E-state index in [4.69, 9.17) is 49.1 Å². The summed E-state index contributed by atoms with van der Waals surface area (Å²) in [6.07, 6.45) is 2.43. The number of benzene rings is 2. The summed E-state index contributed by atoms with van der Waals surface area (Å²) in [5.41, 5.74) is 4.52. The Morgan fingerprint density at radius 1 is 0.739 bits per heavy atom. The van der Waals surface area contributed by atoms with Crippen molar-refractivity contribution in [3.8, 4) is 56.9 Å². The average molecular weight is 673 g/mol. The number of hydrogen-bond donors (Lipinski definition) is 2. The van der Waals surface area contributed by atoms with Crippen LogP contribution in [0.3, 0.4) is 0 Å². The van der Waals surface area contributed by atoms with E-state index in [0.717, 1.165) is 26.3 Å². The summed E-state index contributed by atoms with van der Waals surface area (Å²) in [5, 5.41) is 47.7. The van der Waals surface area contributed by atoms with Gasteiger partial charge in [0.25, 0.3) is 0 Å². The van der Waals surface area contributed by atoms with E-state index >= 15 is 0 Å². The van der Waals surface area contributed by atoms with E-state index in [9.17, 15) is 10.2 Å². The van der Waals surface area contributed by atoms with Crippen molar-refractivity contribution in [2.75, 3.05) is 14.2 Å². The maximum Gasteiger partial charge on any atom is 3.00 e. The molecule has 0 aliphatic carbocycles. The molecule has 0 aliphatic heterocycles. The fraction of sp³-hybridized carbons (Fsp3) is 0.182. The zero-order valence-electron chi connectivity index (χ0n) is 25.8. The van der Waals surface area contributed by atoms with Gasteiger partial charge in [0.2, 0.25) is 0 Å². The Bertz CT molecular complexity index is 1590. The number of carboxylic acids is 3.